The van der Waals surface area contributed by atoms with Gasteiger partial charge in [-0.05, 0) is 114 Å². The zero-order chi connectivity index (χ0) is 40.8. The molecule has 0 saturated heterocycles. The van der Waals surface area contributed by atoms with Crippen molar-refractivity contribution in [1.29, 1.82) is 0 Å². The van der Waals surface area contributed by atoms with Crippen molar-refractivity contribution >= 4 is 58.7 Å². The number of rotatable bonds is 25. The molecule has 11 nitrogen and oxygen atoms in total. The van der Waals surface area contributed by atoms with Crippen LogP contribution in [0.25, 0.3) is 12.2 Å². The minimum absolute atomic E-state index is 0.0246. The molecule has 12 heteroatoms. The van der Waals surface area contributed by atoms with Crippen LogP contribution in [-0.2, 0) is 23.9 Å². The van der Waals surface area contributed by atoms with E-state index in [1.54, 1.807) is 12.2 Å². The third-order valence-corrected chi connectivity index (χ3v) is 10.9. The maximum absolute atomic E-state index is 13.8. The lowest BCUT2D eigenvalue weighted by Crippen LogP contribution is -2.46. The summed E-state index contributed by atoms with van der Waals surface area (Å²) in [5, 5.41) is 6.12. The molecule has 0 atom stereocenters. The van der Waals surface area contributed by atoms with Gasteiger partial charge in [-0.15, -0.1) is 11.6 Å². The smallest absolute Gasteiger partial charge is 0.278 e. The largest absolute Gasteiger partial charge is 0.379 e. The highest BCUT2D eigenvalue weighted by Gasteiger charge is 2.32. The molecule has 2 aromatic carbocycles. The Morgan fingerprint density at radius 2 is 1.35 bits per heavy atom. The number of alkyl halides is 1. The number of amidine groups is 1. The molecule has 0 unspecified atom stereocenters. The third-order valence-electron chi connectivity index (χ3n) is 10.6. The fourth-order valence-corrected chi connectivity index (χ4v) is 7.40. The topological polar surface area (TPSA) is 116 Å². The first-order valence-corrected chi connectivity index (χ1v) is 21.6. The van der Waals surface area contributed by atoms with Gasteiger partial charge in [0.1, 0.15) is 18.1 Å². The number of benzene rings is 2. The number of carbonyl (C=O) groups is 3. The van der Waals surface area contributed by atoms with Gasteiger partial charge in [0.2, 0.25) is 11.8 Å². The summed E-state index contributed by atoms with van der Waals surface area (Å²) in [6.45, 7) is 14.7. The molecule has 2 N–H and O–H groups in total. The molecule has 312 valence electrons. The van der Waals surface area contributed by atoms with E-state index in [1.807, 2.05) is 30.3 Å². The lowest BCUT2D eigenvalue weighted by Gasteiger charge is -2.29. The summed E-state index contributed by atoms with van der Waals surface area (Å²) < 4.78 is 11.2. The highest BCUT2D eigenvalue weighted by atomic mass is 35.5. The maximum Gasteiger partial charge on any atom is 0.278 e. The number of hydrogen-bond acceptors (Lipinski definition) is 8. The van der Waals surface area contributed by atoms with Crippen molar-refractivity contribution in [1.82, 2.24) is 15.5 Å². The Kier molecular flexibility index (Phi) is 20.1. The van der Waals surface area contributed by atoms with E-state index in [-0.39, 0.29) is 41.9 Å². The molecule has 2 aromatic rings. The van der Waals surface area contributed by atoms with Crippen molar-refractivity contribution in [3.05, 3.63) is 71.4 Å². The first-order valence-electron chi connectivity index (χ1n) is 21.1. The number of unbranched alkanes of at least 4 members (excludes halogenated alkanes) is 3. The Morgan fingerprint density at radius 1 is 0.772 bits per heavy atom. The quantitative estimate of drug-likeness (QED) is 0.0615. The number of carbonyl (C=O) groups excluding carboxylic acids is 3. The van der Waals surface area contributed by atoms with Gasteiger partial charge in [0.15, 0.2) is 0 Å². The van der Waals surface area contributed by atoms with Gasteiger partial charge in [-0.1, -0.05) is 43.2 Å². The SMILES string of the molecule is CCN(CC)c1ccc(/C=C2N=C(/C=C/c3ccc(N(CC)CC)cc3)N(CC(=O)NC3CCC(C(=O)NCCOCCOCCCCCCCl)CC3)C\2=O)cc1. The predicted octanol–water partition coefficient (Wildman–Crippen LogP) is 7.30. The number of hydrogen-bond donors (Lipinski definition) is 2. The van der Waals surface area contributed by atoms with E-state index >= 15 is 0 Å². The highest BCUT2D eigenvalue weighted by Crippen LogP contribution is 2.26. The number of ether oxygens (including phenoxy) is 2. The summed E-state index contributed by atoms with van der Waals surface area (Å²) in [7, 11) is 0. The summed E-state index contributed by atoms with van der Waals surface area (Å²) in [6, 6.07) is 16.3. The van der Waals surface area contributed by atoms with Gasteiger partial charge in [0.25, 0.3) is 5.91 Å². The van der Waals surface area contributed by atoms with E-state index < -0.39 is 0 Å². The standard InChI is InChI=1S/C45H65ClN6O5/c1-5-50(6-2)39-22-13-35(14-23-39)17-26-42-49-41(33-36-15-24-40(25-16-36)51(7-3)8-4)45(55)52(42)34-43(53)48-38-20-18-37(19-21-38)44(54)47-28-30-57-32-31-56-29-12-10-9-11-27-46/h13-17,22-26,33,37-38H,5-12,18-21,27-32,34H2,1-4H3,(H,47,54)(H,48,53)/b26-17+,41-33-. The maximum atomic E-state index is 13.8. The van der Waals surface area contributed by atoms with Crippen molar-refractivity contribution in [2.45, 2.75) is 85.1 Å². The molecule has 1 heterocycles. The first-order chi connectivity index (χ1) is 27.8. The van der Waals surface area contributed by atoms with Crippen LogP contribution in [0.5, 0.6) is 0 Å². The molecule has 1 aliphatic heterocycles. The van der Waals surface area contributed by atoms with Crippen molar-refractivity contribution in [2.75, 3.05) is 81.4 Å². The van der Waals surface area contributed by atoms with Crippen molar-refractivity contribution in [2.24, 2.45) is 10.9 Å². The molecule has 3 amide bonds. The first kappa shape index (κ1) is 45.5. The number of nitrogens with zero attached hydrogens (tertiary/aromatic N) is 4. The van der Waals surface area contributed by atoms with Crippen LogP contribution >= 0.6 is 11.6 Å². The summed E-state index contributed by atoms with van der Waals surface area (Å²) in [5.74, 6) is 0.487. The highest BCUT2D eigenvalue weighted by molar-refractivity contribution is 6.19. The molecule has 1 aliphatic carbocycles. The van der Waals surface area contributed by atoms with Crippen LogP contribution in [0.15, 0.2) is 65.3 Å². The van der Waals surface area contributed by atoms with E-state index in [2.05, 4.69) is 72.4 Å². The van der Waals surface area contributed by atoms with E-state index in [0.717, 1.165) is 81.0 Å². The van der Waals surface area contributed by atoms with Gasteiger partial charge in [-0.25, -0.2) is 4.99 Å². The molecule has 1 fully saturated rings. The second-order valence-electron chi connectivity index (χ2n) is 14.5. The number of nitrogens with one attached hydrogen (secondary N) is 2. The average Bonchev–Trinajstić information content (AvgIpc) is 3.51. The van der Waals surface area contributed by atoms with Crippen LogP contribution < -0.4 is 20.4 Å². The van der Waals surface area contributed by atoms with Gasteiger partial charge in [0.05, 0.1) is 19.8 Å². The zero-order valence-electron chi connectivity index (χ0n) is 34.6. The Labute approximate surface area is 345 Å². The van der Waals surface area contributed by atoms with E-state index in [1.165, 1.54) is 4.90 Å². The normalized spacial score (nSPS) is 17.6. The second kappa shape index (κ2) is 25.2. The van der Waals surface area contributed by atoms with Crippen LogP contribution in [0.1, 0.15) is 90.2 Å². The fourth-order valence-electron chi connectivity index (χ4n) is 7.21. The van der Waals surface area contributed by atoms with Crippen molar-refractivity contribution < 1.29 is 23.9 Å². The summed E-state index contributed by atoms with van der Waals surface area (Å²) in [5.41, 5.74) is 4.38. The van der Waals surface area contributed by atoms with Crippen LogP contribution in [0.4, 0.5) is 11.4 Å². The molecule has 0 aromatic heterocycles. The zero-order valence-corrected chi connectivity index (χ0v) is 35.4. The summed E-state index contributed by atoms with van der Waals surface area (Å²) in [4.78, 5) is 50.8. The predicted molar refractivity (Wildman–Crippen MR) is 234 cm³/mol. The second-order valence-corrected chi connectivity index (χ2v) is 14.9. The molecular formula is C45H65ClN6O5. The molecule has 0 radical (unpaired) electrons. The van der Waals surface area contributed by atoms with Crippen molar-refractivity contribution in [3.8, 4) is 0 Å². The van der Waals surface area contributed by atoms with Crippen LogP contribution in [0.2, 0.25) is 0 Å². The lowest BCUT2D eigenvalue weighted by molar-refractivity contribution is -0.129. The van der Waals surface area contributed by atoms with Gasteiger partial charge in [0, 0.05) is 68.5 Å². The monoisotopic (exact) mass is 804 g/mol. The summed E-state index contributed by atoms with van der Waals surface area (Å²) in [6.07, 6.45) is 12.6. The van der Waals surface area contributed by atoms with Crippen molar-refractivity contribution in [3.63, 3.8) is 0 Å². The number of amides is 3. The Balaban J connectivity index is 1.28. The molecule has 2 aliphatic rings. The number of anilines is 2. The van der Waals surface area contributed by atoms with Gasteiger partial charge >= 0.3 is 0 Å². The minimum Gasteiger partial charge on any atom is -0.379 e. The molecule has 0 spiro atoms. The van der Waals surface area contributed by atoms with Gasteiger partial charge < -0.3 is 29.9 Å². The fraction of sp³-hybridized carbons (Fsp3) is 0.556. The van der Waals surface area contributed by atoms with E-state index in [9.17, 15) is 14.4 Å². The van der Waals surface area contributed by atoms with Gasteiger partial charge in [-0.3, -0.25) is 19.3 Å². The summed E-state index contributed by atoms with van der Waals surface area (Å²) >= 11 is 5.70. The molecular weight excluding hydrogens is 740 g/mol. The Bertz CT molecular complexity index is 1610. The van der Waals surface area contributed by atoms with E-state index in [0.29, 0.717) is 63.8 Å². The number of aliphatic imine (C=N–C) groups is 1. The Hall–Kier alpha value is -4.19. The van der Waals surface area contributed by atoms with Crippen LogP contribution in [0.3, 0.4) is 0 Å². The molecule has 57 heavy (non-hydrogen) atoms. The Morgan fingerprint density at radius 3 is 1.95 bits per heavy atom. The molecule has 0 bridgehead atoms. The van der Waals surface area contributed by atoms with Crippen LogP contribution in [0, 0.1) is 5.92 Å². The molecule has 1 saturated carbocycles. The number of halogens is 1. The van der Waals surface area contributed by atoms with Gasteiger partial charge in [-0.2, -0.15) is 0 Å². The minimum atomic E-state index is -0.319. The third kappa shape index (κ3) is 14.9. The average molecular weight is 806 g/mol. The lowest BCUT2D eigenvalue weighted by atomic mass is 9.85. The molecule has 4 rings (SSSR count). The van der Waals surface area contributed by atoms with E-state index in [4.69, 9.17) is 26.1 Å². The van der Waals surface area contributed by atoms with Crippen LogP contribution in [-0.4, -0.2) is 106 Å².